The molecule has 0 aromatic heterocycles. The first-order valence-electron chi connectivity index (χ1n) is 3.98. The van der Waals surface area contributed by atoms with Crippen LogP contribution in [0.4, 0.5) is 0 Å². The Morgan fingerprint density at radius 3 is 2.73 bits per heavy atom. The molecule has 0 spiro atoms. The molecule has 0 aromatic rings. The highest BCUT2D eigenvalue weighted by molar-refractivity contribution is 6.06. The number of carbonyl (C=O) groups excluding carboxylic acids is 1. The summed E-state index contributed by atoms with van der Waals surface area (Å²) in [6.45, 7) is 2.08. The number of rotatable bonds is 5. The Hall–Kier alpha value is -0.353. The highest BCUT2D eigenvalue weighted by Crippen LogP contribution is 2.03. The van der Waals surface area contributed by atoms with Crippen molar-refractivity contribution in [2.45, 2.75) is 38.7 Å². The maximum absolute atomic E-state index is 10.7. The molecule has 11 heavy (non-hydrogen) atoms. The molecule has 3 nitrogen and oxygen atoms in total. The van der Waals surface area contributed by atoms with Crippen LogP contribution in [0.25, 0.3) is 0 Å². The van der Waals surface area contributed by atoms with Crippen molar-refractivity contribution in [1.29, 1.82) is 0 Å². The normalized spacial score (nSPS) is 12.9. The number of carbonyl (C=O) groups is 1. The average molecular weight is 176 g/mol. The van der Waals surface area contributed by atoms with Crippen LogP contribution < -0.4 is 0 Å². The van der Waals surface area contributed by atoms with Gasteiger partial charge in [0.1, 0.15) is 6.10 Å². The molecule has 0 saturated heterocycles. The summed E-state index contributed by atoms with van der Waals surface area (Å²) < 4.78 is 4.49. The van der Waals surface area contributed by atoms with Gasteiger partial charge < -0.3 is 9.53 Å². The van der Waals surface area contributed by atoms with E-state index in [1.807, 2.05) is 0 Å². The summed E-state index contributed by atoms with van der Waals surface area (Å²) in [6, 6.07) is 0. The minimum absolute atomic E-state index is 0.371. The van der Waals surface area contributed by atoms with Crippen LogP contribution in [0.15, 0.2) is 0 Å². The van der Waals surface area contributed by atoms with Gasteiger partial charge in [-0.05, 0) is 6.42 Å². The van der Waals surface area contributed by atoms with E-state index in [1.165, 1.54) is 0 Å². The van der Waals surface area contributed by atoms with Gasteiger partial charge in [0.15, 0.2) is 0 Å². The van der Waals surface area contributed by atoms with Crippen LogP contribution in [0.3, 0.4) is 0 Å². The quantitative estimate of drug-likeness (QED) is 0.464. The lowest BCUT2D eigenvalue weighted by molar-refractivity contribution is -0.143. The molecule has 0 saturated carbocycles. The first kappa shape index (κ1) is 10.6. The third-order valence-electron chi connectivity index (χ3n) is 1.55. The van der Waals surface area contributed by atoms with Crippen LogP contribution >= 0.6 is 0 Å². The number of hydrogen-bond acceptors (Lipinski definition) is 3. The van der Waals surface area contributed by atoms with Gasteiger partial charge in [-0.2, -0.15) is 0 Å². The summed E-state index contributed by atoms with van der Waals surface area (Å²) in [4.78, 5) is 10.7. The second kappa shape index (κ2) is 6.36. The summed E-state index contributed by atoms with van der Waals surface area (Å²) in [7, 11) is 0.371. The van der Waals surface area contributed by atoms with E-state index in [2.05, 4.69) is 11.3 Å². The zero-order chi connectivity index (χ0) is 8.69. The highest BCUT2D eigenvalue weighted by Gasteiger charge is 2.12. The fourth-order valence-electron chi connectivity index (χ4n) is 0.842. The van der Waals surface area contributed by atoms with Gasteiger partial charge in [-0.25, -0.2) is 0 Å². The molecule has 0 amide bonds. The lowest BCUT2D eigenvalue weighted by Crippen LogP contribution is -2.21. The third kappa shape index (κ3) is 4.98. The molecule has 1 atom stereocenters. The Balaban J connectivity index is 3.36. The number of unbranched alkanes of at least 4 members (excludes halogenated alkanes) is 2. The molecule has 0 aromatic carbocycles. The third-order valence-corrected chi connectivity index (χ3v) is 1.96. The molecule has 0 radical (unpaired) electrons. The maximum Gasteiger partial charge on any atom is 0.320 e. The zero-order valence-electron chi connectivity index (χ0n) is 7.17. The van der Waals surface area contributed by atoms with E-state index >= 15 is 0 Å². The Labute approximate surface area is 70.3 Å². The van der Waals surface area contributed by atoms with E-state index in [9.17, 15) is 4.79 Å². The molecular formula is C7H16O3Si. The Morgan fingerprint density at radius 1 is 1.64 bits per heavy atom. The van der Waals surface area contributed by atoms with Crippen LogP contribution in [0.2, 0.25) is 0 Å². The fourth-order valence-corrected chi connectivity index (χ4v) is 1.11. The van der Waals surface area contributed by atoms with Crippen molar-refractivity contribution < 1.29 is 14.3 Å². The predicted molar refractivity (Wildman–Crippen MR) is 46.2 cm³/mol. The first-order chi connectivity index (χ1) is 5.22. The van der Waals surface area contributed by atoms with Crippen molar-refractivity contribution in [3.63, 3.8) is 0 Å². The lowest BCUT2D eigenvalue weighted by Gasteiger charge is -2.07. The standard InChI is InChI=1S/C7H16O3Si/c1-2-3-4-5-6(8)7(9)10-11/h6,8H,2-5H2,1,11H3. The number of hydrogen-bond donors (Lipinski definition) is 1. The average Bonchev–Trinajstić information content (AvgIpc) is 2.03. The van der Waals surface area contributed by atoms with E-state index in [-0.39, 0.29) is 0 Å². The Kier molecular flexibility index (Phi) is 6.16. The summed E-state index contributed by atoms with van der Waals surface area (Å²) in [5.74, 6) is -0.465. The Bertz CT molecular complexity index is 116. The zero-order valence-corrected chi connectivity index (χ0v) is 9.17. The molecule has 0 aliphatic carbocycles. The van der Waals surface area contributed by atoms with Crippen LogP contribution in [0.5, 0.6) is 0 Å². The molecule has 0 fully saturated rings. The van der Waals surface area contributed by atoms with Crippen molar-refractivity contribution in [2.75, 3.05) is 0 Å². The van der Waals surface area contributed by atoms with Gasteiger partial charge >= 0.3 is 5.97 Å². The summed E-state index contributed by atoms with van der Waals surface area (Å²) in [5.41, 5.74) is 0. The molecular weight excluding hydrogens is 160 g/mol. The lowest BCUT2D eigenvalue weighted by atomic mass is 10.1. The number of aliphatic hydroxyl groups excluding tert-OH is 1. The molecule has 1 unspecified atom stereocenters. The smallest absolute Gasteiger partial charge is 0.320 e. The molecule has 66 valence electrons. The van der Waals surface area contributed by atoms with Crippen molar-refractivity contribution in [2.24, 2.45) is 0 Å². The largest absolute Gasteiger partial charge is 0.527 e. The molecule has 0 heterocycles. The summed E-state index contributed by atoms with van der Waals surface area (Å²) >= 11 is 0. The van der Waals surface area contributed by atoms with E-state index in [0.717, 1.165) is 19.3 Å². The molecule has 0 aliphatic heterocycles. The number of aliphatic hydroxyl groups is 1. The highest BCUT2D eigenvalue weighted by atomic mass is 28.2. The topological polar surface area (TPSA) is 46.5 Å². The van der Waals surface area contributed by atoms with Gasteiger partial charge in [-0.3, -0.25) is 4.79 Å². The first-order valence-corrected chi connectivity index (χ1v) is 4.80. The summed E-state index contributed by atoms with van der Waals surface area (Å²) in [5, 5.41) is 9.09. The van der Waals surface area contributed by atoms with E-state index in [0.29, 0.717) is 16.9 Å². The summed E-state index contributed by atoms with van der Waals surface area (Å²) in [6.07, 6.45) is 2.70. The van der Waals surface area contributed by atoms with E-state index in [4.69, 9.17) is 5.11 Å². The monoisotopic (exact) mass is 176 g/mol. The molecule has 4 heteroatoms. The minimum atomic E-state index is -0.890. The van der Waals surface area contributed by atoms with Gasteiger partial charge in [-0.1, -0.05) is 26.2 Å². The maximum atomic E-state index is 10.7. The van der Waals surface area contributed by atoms with Gasteiger partial charge in [0.25, 0.3) is 0 Å². The van der Waals surface area contributed by atoms with Crippen LogP contribution in [0, 0.1) is 0 Å². The predicted octanol–water partition coefficient (Wildman–Crippen LogP) is -0.249. The van der Waals surface area contributed by atoms with Crippen molar-refractivity contribution in [3.05, 3.63) is 0 Å². The van der Waals surface area contributed by atoms with Crippen LogP contribution in [-0.4, -0.2) is 27.7 Å². The van der Waals surface area contributed by atoms with Crippen molar-refractivity contribution in [3.8, 4) is 0 Å². The van der Waals surface area contributed by atoms with Gasteiger partial charge in [-0.15, -0.1) is 0 Å². The Morgan fingerprint density at radius 2 is 2.27 bits per heavy atom. The van der Waals surface area contributed by atoms with Crippen molar-refractivity contribution >= 4 is 16.5 Å². The van der Waals surface area contributed by atoms with E-state index < -0.39 is 12.1 Å². The van der Waals surface area contributed by atoms with Gasteiger partial charge in [0, 0.05) is 0 Å². The van der Waals surface area contributed by atoms with Gasteiger partial charge in [0.2, 0.25) is 10.5 Å². The molecule has 0 bridgehead atoms. The van der Waals surface area contributed by atoms with E-state index in [1.54, 1.807) is 0 Å². The molecule has 0 aliphatic rings. The van der Waals surface area contributed by atoms with Gasteiger partial charge in [0.05, 0.1) is 0 Å². The SMILES string of the molecule is CCCCCC(O)C(=O)O[SiH3]. The molecule has 0 rings (SSSR count). The fraction of sp³-hybridized carbons (Fsp3) is 0.857. The van der Waals surface area contributed by atoms with Crippen molar-refractivity contribution in [1.82, 2.24) is 0 Å². The second-order valence-corrected chi connectivity index (χ2v) is 2.94. The van der Waals surface area contributed by atoms with Crippen LogP contribution in [0.1, 0.15) is 32.6 Å². The molecule has 1 N–H and O–H groups in total. The second-order valence-electron chi connectivity index (χ2n) is 2.53. The minimum Gasteiger partial charge on any atom is -0.527 e. The van der Waals surface area contributed by atoms with Crippen LogP contribution in [-0.2, 0) is 9.22 Å².